The van der Waals surface area contributed by atoms with Crippen LogP contribution in [0.15, 0.2) is 164 Å². The van der Waals surface area contributed by atoms with Gasteiger partial charge in [-0.2, -0.15) is 0 Å². The quantitative estimate of drug-likeness (QED) is 0.173. The van der Waals surface area contributed by atoms with Crippen LogP contribution < -0.4 is 0 Å². The van der Waals surface area contributed by atoms with Crippen LogP contribution in [0.4, 0.5) is 4.39 Å². The number of benzene rings is 8. The Morgan fingerprint density at radius 1 is 0.345 bits per heavy atom. The fourth-order valence-corrected chi connectivity index (χ4v) is 8.91. The van der Waals surface area contributed by atoms with E-state index in [-0.39, 0.29) is 5.82 Å². The summed E-state index contributed by atoms with van der Waals surface area (Å²) < 4.78 is 21.6. The number of aromatic nitrogens is 3. The molecule has 4 heteroatoms. The Kier molecular flexibility index (Phi) is 6.78. The van der Waals surface area contributed by atoms with Crippen molar-refractivity contribution in [1.29, 1.82) is 0 Å². The van der Waals surface area contributed by atoms with E-state index >= 15 is 0 Å². The summed E-state index contributed by atoms with van der Waals surface area (Å²) in [5.74, 6) is -0.238. The fourth-order valence-electron chi connectivity index (χ4n) is 8.91. The lowest BCUT2D eigenvalue weighted by atomic mass is 9.99. The van der Waals surface area contributed by atoms with Crippen molar-refractivity contribution in [2.75, 3.05) is 0 Å². The van der Waals surface area contributed by atoms with Gasteiger partial charge in [-0.3, -0.25) is 0 Å². The summed E-state index contributed by atoms with van der Waals surface area (Å²) >= 11 is 0. The van der Waals surface area contributed by atoms with Gasteiger partial charge in [-0.15, -0.1) is 0 Å². The van der Waals surface area contributed by atoms with Crippen LogP contribution in [0.3, 0.4) is 0 Å². The Bertz CT molecular complexity index is 3260. The Hall–Kier alpha value is -6.91. The predicted molar refractivity (Wildman–Crippen MR) is 229 cm³/mol. The first-order valence-corrected chi connectivity index (χ1v) is 18.9. The van der Waals surface area contributed by atoms with Gasteiger partial charge in [0.25, 0.3) is 0 Å². The van der Waals surface area contributed by atoms with Crippen LogP contribution >= 0.6 is 0 Å². The zero-order valence-corrected chi connectivity index (χ0v) is 30.8. The van der Waals surface area contributed by atoms with Crippen molar-refractivity contribution >= 4 is 65.4 Å². The van der Waals surface area contributed by atoms with E-state index in [0.717, 1.165) is 61.2 Å². The molecule has 0 radical (unpaired) electrons. The molecule has 3 heterocycles. The minimum Gasteiger partial charge on any atom is -0.308 e. The Labute approximate surface area is 317 Å². The molecule has 262 valence electrons. The topological polar surface area (TPSA) is 14.8 Å². The van der Waals surface area contributed by atoms with E-state index in [1.54, 1.807) is 12.1 Å². The zero-order valence-electron chi connectivity index (χ0n) is 30.8. The highest BCUT2D eigenvalue weighted by Crippen LogP contribution is 2.50. The lowest BCUT2D eigenvalue weighted by Gasteiger charge is -2.14. The molecule has 0 saturated heterocycles. The second-order valence-corrected chi connectivity index (χ2v) is 15.0. The predicted octanol–water partition coefficient (Wildman–Crippen LogP) is 13.7. The van der Waals surface area contributed by atoms with Crippen LogP contribution in [0.25, 0.3) is 93.6 Å². The van der Waals surface area contributed by atoms with Gasteiger partial charge in [-0.1, -0.05) is 108 Å². The molecule has 11 rings (SSSR count). The molecule has 0 aliphatic carbocycles. The third-order valence-corrected chi connectivity index (χ3v) is 11.5. The summed E-state index contributed by atoms with van der Waals surface area (Å²) in [4.78, 5) is 0. The molecule has 0 saturated carbocycles. The highest BCUT2D eigenvalue weighted by Gasteiger charge is 2.29. The first-order valence-electron chi connectivity index (χ1n) is 18.9. The van der Waals surface area contributed by atoms with E-state index in [9.17, 15) is 4.39 Å². The van der Waals surface area contributed by atoms with Crippen molar-refractivity contribution in [3.63, 3.8) is 0 Å². The molecule has 0 aliphatic heterocycles. The number of aryl methyl sites for hydroxylation is 3. The number of nitrogens with zero attached hydrogens (tertiary/aromatic N) is 3. The first-order chi connectivity index (χ1) is 26.9. The molecular formula is C51H36FN3. The number of rotatable bonds is 4. The molecule has 0 spiro atoms. The van der Waals surface area contributed by atoms with Gasteiger partial charge in [0.05, 0.1) is 33.1 Å². The highest BCUT2D eigenvalue weighted by atomic mass is 19.1. The number of halogens is 1. The molecule has 8 aromatic carbocycles. The zero-order chi connectivity index (χ0) is 36.9. The number of fused-ring (bicyclic) bond motifs is 12. The Morgan fingerprint density at radius 3 is 1.15 bits per heavy atom. The SMILES string of the molecule is Cc1ccc(-n2c3ccccc3c3c2c2c4ccccc4n(-c4ccc(C)cc4)c2c2c4cc(-c5ccc(F)cc5)ccc4n(-c4ccc(C)cc4)c32)cc1. The molecule has 11 aromatic rings. The normalized spacial score (nSPS) is 12.0. The van der Waals surface area contributed by atoms with Gasteiger partial charge in [0, 0.05) is 49.4 Å². The number of hydrogen-bond donors (Lipinski definition) is 0. The average molecular weight is 710 g/mol. The molecule has 0 atom stereocenters. The first kappa shape index (κ1) is 31.6. The van der Waals surface area contributed by atoms with E-state index in [4.69, 9.17) is 0 Å². The van der Waals surface area contributed by atoms with Crippen LogP contribution in [0, 0.1) is 26.6 Å². The van der Waals surface area contributed by atoms with Gasteiger partial charge >= 0.3 is 0 Å². The maximum atomic E-state index is 14.2. The summed E-state index contributed by atoms with van der Waals surface area (Å²) in [5, 5.41) is 7.16. The van der Waals surface area contributed by atoms with Crippen LogP contribution in [0.2, 0.25) is 0 Å². The Balaban J connectivity index is 1.48. The summed E-state index contributed by atoms with van der Waals surface area (Å²) in [7, 11) is 0. The summed E-state index contributed by atoms with van der Waals surface area (Å²) in [6.45, 7) is 6.43. The van der Waals surface area contributed by atoms with Gasteiger partial charge in [0.1, 0.15) is 5.82 Å². The molecule has 55 heavy (non-hydrogen) atoms. The lowest BCUT2D eigenvalue weighted by molar-refractivity contribution is 0.628. The smallest absolute Gasteiger partial charge is 0.123 e. The van der Waals surface area contributed by atoms with Gasteiger partial charge < -0.3 is 13.7 Å². The van der Waals surface area contributed by atoms with Crippen molar-refractivity contribution in [2.45, 2.75) is 20.8 Å². The third kappa shape index (κ3) is 4.61. The molecule has 3 aromatic heterocycles. The van der Waals surface area contributed by atoms with E-state index in [1.807, 2.05) is 12.1 Å². The maximum Gasteiger partial charge on any atom is 0.123 e. The third-order valence-electron chi connectivity index (χ3n) is 11.5. The van der Waals surface area contributed by atoms with Gasteiger partial charge in [-0.25, -0.2) is 4.39 Å². The van der Waals surface area contributed by atoms with Crippen LogP contribution in [0.5, 0.6) is 0 Å². The molecular weight excluding hydrogens is 674 g/mol. The summed E-state index contributed by atoms with van der Waals surface area (Å²) in [5.41, 5.74) is 16.0. The highest BCUT2D eigenvalue weighted by molar-refractivity contribution is 6.40. The van der Waals surface area contributed by atoms with E-state index in [2.05, 4.69) is 174 Å². The van der Waals surface area contributed by atoms with E-state index in [1.165, 1.54) is 49.1 Å². The van der Waals surface area contributed by atoms with Gasteiger partial charge in [-0.05, 0) is 105 Å². The van der Waals surface area contributed by atoms with Crippen molar-refractivity contribution in [3.05, 3.63) is 186 Å². The van der Waals surface area contributed by atoms with Crippen LogP contribution in [0.1, 0.15) is 16.7 Å². The molecule has 3 nitrogen and oxygen atoms in total. The molecule has 0 unspecified atom stereocenters. The lowest BCUT2D eigenvalue weighted by Crippen LogP contribution is -1.98. The van der Waals surface area contributed by atoms with Crippen LogP contribution in [-0.2, 0) is 0 Å². The van der Waals surface area contributed by atoms with E-state index in [0.29, 0.717) is 0 Å². The number of para-hydroxylation sites is 2. The van der Waals surface area contributed by atoms with Crippen molar-refractivity contribution < 1.29 is 4.39 Å². The maximum absolute atomic E-state index is 14.2. The standard InChI is InChI=1S/C51H36FN3/c1-31-12-23-37(24-13-31)53-43-10-6-4-8-40(43)47-49(53)46-41-9-5-7-11-44(41)54(38-25-14-32(2)15-26-38)50(46)48-42-30-35(34-18-21-36(52)22-19-34)20-29-45(42)55(51(47)48)39-27-16-33(3)17-28-39/h4-30H,1-3H3. The monoisotopic (exact) mass is 709 g/mol. The fraction of sp³-hybridized carbons (Fsp3) is 0.0588. The molecule has 0 bridgehead atoms. The summed E-state index contributed by atoms with van der Waals surface area (Å²) in [6.07, 6.45) is 0. The second kappa shape index (κ2) is 11.8. The van der Waals surface area contributed by atoms with E-state index < -0.39 is 0 Å². The van der Waals surface area contributed by atoms with Crippen molar-refractivity contribution in [2.24, 2.45) is 0 Å². The van der Waals surface area contributed by atoms with Crippen LogP contribution in [-0.4, -0.2) is 13.7 Å². The molecule has 0 amide bonds. The average Bonchev–Trinajstić information content (AvgIpc) is 3.85. The molecule has 0 aliphatic rings. The molecule has 0 fully saturated rings. The molecule has 0 N–H and O–H groups in total. The summed E-state index contributed by atoms with van der Waals surface area (Å²) in [6, 6.07) is 58.0. The second-order valence-electron chi connectivity index (χ2n) is 15.0. The minimum atomic E-state index is -0.238. The Morgan fingerprint density at radius 2 is 0.709 bits per heavy atom. The largest absolute Gasteiger partial charge is 0.308 e. The van der Waals surface area contributed by atoms with Crippen molar-refractivity contribution in [3.8, 4) is 28.2 Å². The van der Waals surface area contributed by atoms with Gasteiger partial charge in [0.15, 0.2) is 0 Å². The minimum absolute atomic E-state index is 0.238. The van der Waals surface area contributed by atoms with Crippen molar-refractivity contribution in [1.82, 2.24) is 13.7 Å². The number of hydrogen-bond acceptors (Lipinski definition) is 0. The van der Waals surface area contributed by atoms with Gasteiger partial charge in [0.2, 0.25) is 0 Å².